The summed E-state index contributed by atoms with van der Waals surface area (Å²) in [6, 6.07) is 6.40. The second-order valence-corrected chi connectivity index (χ2v) is 5.13. The van der Waals surface area contributed by atoms with Crippen LogP contribution < -0.4 is 10.1 Å². The summed E-state index contributed by atoms with van der Waals surface area (Å²) in [4.78, 5) is 0. The number of ether oxygens (including phenoxy) is 1. The first-order valence-corrected chi connectivity index (χ1v) is 6.76. The summed E-state index contributed by atoms with van der Waals surface area (Å²) >= 11 is 5.91. The van der Waals surface area contributed by atoms with Crippen molar-refractivity contribution in [3.8, 4) is 5.75 Å². The first kappa shape index (κ1) is 12.7. The summed E-state index contributed by atoms with van der Waals surface area (Å²) in [5, 5.41) is 4.30. The fourth-order valence-electron chi connectivity index (χ4n) is 2.26. The minimum absolute atomic E-state index is 0.636. The van der Waals surface area contributed by atoms with Gasteiger partial charge in [0.15, 0.2) is 0 Å². The lowest BCUT2D eigenvalue weighted by molar-refractivity contribution is 0.267. The monoisotopic (exact) mass is 253 g/mol. The normalized spacial score (nSPS) is 20.2. The predicted molar refractivity (Wildman–Crippen MR) is 71.9 cm³/mol. The largest absolute Gasteiger partial charge is 0.493 e. The maximum Gasteiger partial charge on any atom is 0.122 e. The number of piperidine rings is 1. The smallest absolute Gasteiger partial charge is 0.122 e. The van der Waals surface area contributed by atoms with Gasteiger partial charge < -0.3 is 10.1 Å². The summed E-state index contributed by atoms with van der Waals surface area (Å²) in [6.07, 6.45) is 5.02. The van der Waals surface area contributed by atoms with E-state index in [0.717, 1.165) is 35.9 Å². The lowest BCUT2D eigenvalue weighted by Crippen LogP contribution is -2.35. The van der Waals surface area contributed by atoms with Gasteiger partial charge in [-0.1, -0.05) is 18.0 Å². The molecular formula is C14H20ClNO. The van der Waals surface area contributed by atoms with E-state index in [2.05, 4.69) is 5.32 Å². The molecule has 0 saturated carbocycles. The quantitative estimate of drug-likeness (QED) is 0.886. The number of aryl methyl sites for hydroxylation is 1. The minimum atomic E-state index is 0.636. The van der Waals surface area contributed by atoms with Crippen LogP contribution in [0.5, 0.6) is 5.75 Å². The molecule has 1 aromatic rings. The van der Waals surface area contributed by atoms with Gasteiger partial charge >= 0.3 is 0 Å². The van der Waals surface area contributed by atoms with Gasteiger partial charge in [-0.15, -0.1) is 0 Å². The molecule has 0 unspecified atom stereocenters. The van der Waals surface area contributed by atoms with Gasteiger partial charge in [0.2, 0.25) is 0 Å². The van der Waals surface area contributed by atoms with E-state index in [1.165, 1.54) is 19.3 Å². The third kappa shape index (κ3) is 3.90. The van der Waals surface area contributed by atoms with Crippen LogP contribution in [0.4, 0.5) is 0 Å². The van der Waals surface area contributed by atoms with Crippen molar-refractivity contribution in [3.05, 3.63) is 28.8 Å². The van der Waals surface area contributed by atoms with Crippen molar-refractivity contribution < 1.29 is 4.74 Å². The summed E-state index contributed by atoms with van der Waals surface area (Å²) in [5.74, 6) is 0.949. The molecule has 1 aliphatic rings. The molecule has 0 radical (unpaired) electrons. The van der Waals surface area contributed by atoms with E-state index in [-0.39, 0.29) is 0 Å². The zero-order valence-corrected chi connectivity index (χ0v) is 11.1. The predicted octanol–water partition coefficient (Wildman–Crippen LogP) is 3.56. The van der Waals surface area contributed by atoms with Gasteiger partial charge in [-0.05, 0) is 56.5 Å². The minimum Gasteiger partial charge on any atom is -0.493 e. The SMILES string of the molecule is Cc1cc(Cl)ccc1OCC[C@@H]1CCCCN1. The van der Waals surface area contributed by atoms with Crippen LogP contribution in [0, 0.1) is 6.92 Å². The molecule has 2 nitrogen and oxygen atoms in total. The van der Waals surface area contributed by atoms with Crippen molar-refractivity contribution in [2.75, 3.05) is 13.2 Å². The van der Waals surface area contributed by atoms with E-state index in [4.69, 9.17) is 16.3 Å². The Kier molecular flexibility index (Phi) is 4.69. The van der Waals surface area contributed by atoms with Crippen LogP contribution in [0.3, 0.4) is 0 Å². The number of nitrogens with one attached hydrogen (secondary N) is 1. The molecule has 0 aliphatic carbocycles. The van der Waals surface area contributed by atoms with Crippen LogP contribution in [-0.2, 0) is 0 Å². The van der Waals surface area contributed by atoms with Crippen LogP contribution in [0.25, 0.3) is 0 Å². The maximum absolute atomic E-state index is 5.91. The summed E-state index contributed by atoms with van der Waals surface area (Å²) in [7, 11) is 0. The Hall–Kier alpha value is -0.730. The van der Waals surface area contributed by atoms with Crippen LogP contribution in [-0.4, -0.2) is 19.2 Å². The first-order chi connectivity index (χ1) is 8.25. The topological polar surface area (TPSA) is 21.3 Å². The molecule has 1 N–H and O–H groups in total. The molecular weight excluding hydrogens is 234 g/mol. The van der Waals surface area contributed by atoms with Gasteiger partial charge in [-0.2, -0.15) is 0 Å². The van der Waals surface area contributed by atoms with Gasteiger partial charge in [0, 0.05) is 11.1 Å². The van der Waals surface area contributed by atoms with Gasteiger partial charge in [0.1, 0.15) is 5.75 Å². The molecule has 1 aliphatic heterocycles. The van der Waals surface area contributed by atoms with E-state index in [1.807, 2.05) is 25.1 Å². The molecule has 17 heavy (non-hydrogen) atoms. The Balaban J connectivity index is 1.77. The Labute approximate surface area is 108 Å². The molecule has 1 aromatic carbocycles. The van der Waals surface area contributed by atoms with Gasteiger partial charge in [-0.3, -0.25) is 0 Å². The average Bonchev–Trinajstić information content (AvgIpc) is 2.33. The van der Waals surface area contributed by atoms with Crippen LogP contribution in [0.2, 0.25) is 5.02 Å². The molecule has 1 fully saturated rings. The number of halogens is 1. The van der Waals surface area contributed by atoms with Gasteiger partial charge in [0.25, 0.3) is 0 Å². The van der Waals surface area contributed by atoms with Crippen molar-refractivity contribution in [1.29, 1.82) is 0 Å². The zero-order chi connectivity index (χ0) is 12.1. The van der Waals surface area contributed by atoms with Crippen molar-refractivity contribution in [2.24, 2.45) is 0 Å². The highest BCUT2D eigenvalue weighted by atomic mass is 35.5. The number of hydrogen-bond donors (Lipinski definition) is 1. The number of benzene rings is 1. The molecule has 94 valence electrons. The highest BCUT2D eigenvalue weighted by Crippen LogP contribution is 2.22. The van der Waals surface area contributed by atoms with E-state index in [0.29, 0.717) is 6.04 Å². The fraction of sp³-hybridized carbons (Fsp3) is 0.571. The van der Waals surface area contributed by atoms with Crippen molar-refractivity contribution in [1.82, 2.24) is 5.32 Å². The fourth-order valence-corrected chi connectivity index (χ4v) is 2.48. The highest BCUT2D eigenvalue weighted by molar-refractivity contribution is 6.30. The first-order valence-electron chi connectivity index (χ1n) is 6.38. The molecule has 0 spiro atoms. The second kappa shape index (κ2) is 6.27. The maximum atomic E-state index is 5.91. The van der Waals surface area contributed by atoms with Gasteiger partial charge in [0.05, 0.1) is 6.61 Å². The van der Waals surface area contributed by atoms with Crippen molar-refractivity contribution in [3.63, 3.8) is 0 Å². The Bertz CT molecular complexity index is 361. The third-order valence-electron chi connectivity index (χ3n) is 3.27. The highest BCUT2D eigenvalue weighted by Gasteiger charge is 2.12. The second-order valence-electron chi connectivity index (χ2n) is 4.69. The van der Waals surface area contributed by atoms with E-state index in [9.17, 15) is 0 Å². The molecule has 0 bridgehead atoms. The van der Waals surface area contributed by atoms with Crippen molar-refractivity contribution in [2.45, 2.75) is 38.6 Å². The Morgan fingerprint density at radius 1 is 1.41 bits per heavy atom. The van der Waals surface area contributed by atoms with Crippen LogP contribution in [0.15, 0.2) is 18.2 Å². The molecule has 1 saturated heterocycles. The standard InChI is InChI=1S/C14H20ClNO/c1-11-10-12(15)5-6-14(11)17-9-7-13-4-2-3-8-16-13/h5-6,10,13,16H,2-4,7-9H2,1H3/t13-/m0/s1. The molecule has 3 heteroatoms. The molecule has 0 aromatic heterocycles. The number of rotatable bonds is 4. The molecule has 1 heterocycles. The molecule has 0 amide bonds. The van der Waals surface area contributed by atoms with Crippen molar-refractivity contribution >= 4 is 11.6 Å². The van der Waals surface area contributed by atoms with E-state index >= 15 is 0 Å². The van der Waals surface area contributed by atoms with Gasteiger partial charge in [-0.25, -0.2) is 0 Å². The Morgan fingerprint density at radius 3 is 3.00 bits per heavy atom. The third-order valence-corrected chi connectivity index (χ3v) is 3.51. The summed E-state index contributed by atoms with van der Waals surface area (Å²) in [5.41, 5.74) is 1.11. The zero-order valence-electron chi connectivity index (χ0n) is 10.3. The lowest BCUT2D eigenvalue weighted by atomic mass is 10.0. The summed E-state index contributed by atoms with van der Waals surface area (Å²) in [6.45, 7) is 3.96. The Morgan fingerprint density at radius 2 is 2.29 bits per heavy atom. The van der Waals surface area contributed by atoms with E-state index < -0.39 is 0 Å². The average molecular weight is 254 g/mol. The number of hydrogen-bond acceptors (Lipinski definition) is 2. The molecule has 2 rings (SSSR count). The summed E-state index contributed by atoms with van der Waals surface area (Å²) < 4.78 is 5.80. The lowest BCUT2D eigenvalue weighted by Gasteiger charge is -2.23. The van der Waals surface area contributed by atoms with E-state index in [1.54, 1.807) is 0 Å². The molecule has 1 atom stereocenters. The van der Waals surface area contributed by atoms with Crippen LogP contribution >= 0.6 is 11.6 Å². The van der Waals surface area contributed by atoms with Crippen LogP contribution in [0.1, 0.15) is 31.2 Å².